The fourth-order valence-electron chi connectivity index (χ4n) is 3.29. The van der Waals surface area contributed by atoms with Crippen molar-refractivity contribution in [3.8, 4) is 11.5 Å². The third-order valence-corrected chi connectivity index (χ3v) is 4.80. The molecule has 2 heterocycles. The van der Waals surface area contributed by atoms with Gasteiger partial charge in [0.05, 0.1) is 6.54 Å². The smallest absolute Gasteiger partial charge is 0.234 e. The lowest BCUT2D eigenvalue weighted by Crippen LogP contribution is -2.41. The van der Waals surface area contributed by atoms with Gasteiger partial charge in [0.1, 0.15) is 0 Å². The number of halogens is 1. The number of piperidine rings is 1. The molecule has 1 amide bonds. The van der Waals surface area contributed by atoms with E-state index in [1.54, 1.807) is 0 Å². The van der Waals surface area contributed by atoms with Gasteiger partial charge in [-0.15, -0.1) is 12.4 Å². The summed E-state index contributed by atoms with van der Waals surface area (Å²) < 4.78 is 10.7. The Balaban J connectivity index is 0.00000225. The van der Waals surface area contributed by atoms with Crippen molar-refractivity contribution in [1.29, 1.82) is 0 Å². The molecule has 1 aromatic carbocycles. The largest absolute Gasteiger partial charge is 0.454 e. The van der Waals surface area contributed by atoms with Crippen molar-refractivity contribution < 1.29 is 14.3 Å². The number of fused-ring (bicyclic) bond motifs is 1. The number of nitrogens with zero attached hydrogens (tertiary/aromatic N) is 1. The number of likely N-dealkylation sites (tertiary alicyclic amines) is 1. The molecule has 2 aliphatic rings. The molecule has 0 spiro atoms. The van der Waals surface area contributed by atoms with Crippen molar-refractivity contribution in [1.82, 2.24) is 15.5 Å². The molecule has 140 valence electrons. The predicted octanol–water partition coefficient (Wildman–Crippen LogP) is 1.77. The number of hydrogen-bond donors (Lipinski definition) is 2. The van der Waals surface area contributed by atoms with Gasteiger partial charge >= 0.3 is 0 Å². The van der Waals surface area contributed by atoms with E-state index in [1.165, 1.54) is 19.3 Å². The first-order valence-electron chi connectivity index (χ1n) is 8.77. The third kappa shape index (κ3) is 5.76. The van der Waals surface area contributed by atoms with Crippen LogP contribution < -0.4 is 20.1 Å². The zero-order valence-electron chi connectivity index (χ0n) is 14.8. The molecule has 0 saturated carbocycles. The highest BCUT2D eigenvalue weighted by Crippen LogP contribution is 2.32. The standard InChI is InChI=1S/C18H27N3O3.ClH/c1-19-7-4-14-5-8-21(9-6-14)12-18(22)20-11-15-2-3-16-17(10-15)24-13-23-16;/h2-3,10,14,19H,4-9,11-13H2,1H3,(H,20,22);1H. The highest BCUT2D eigenvalue weighted by Gasteiger charge is 2.20. The van der Waals surface area contributed by atoms with Crippen molar-refractivity contribution in [2.45, 2.75) is 25.8 Å². The minimum Gasteiger partial charge on any atom is -0.454 e. The molecule has 0 atom stereocenters. The Morgan fingerprint density at radius 2 is 2.00 bits per heavy atom. The van der Waals surface area contributed by atoms with E-state index in [0.717, 1.165) is 42.6 Å². The Labute approximate surface area is 155 Å². The van der Waals surface area contributed by atoms with Crippen LogP contribution in [0.2, 0.25) is 0 Å². The van der Waals surface area contributed by atoms with Gasteiger partial charge in [-0.2, -0.15) is 0 Å². The van der Waals surface area contributed by atoms with E-state index >= 15 is 0 Å². The predicted molar refractivity (Wildman–Crippen MR) is 99.4 cm³/mol. The summed E-state index contributed by atoms with van der Waals surface area (Å²) >= 11 is 0. The lowest BCUT2D eigenvalue weighted by molar-refractivity contribution is -0.122. The van der Waals surface area contributed by atoms with Crippen molar-refractivity contribution in [2.24, 2.45) is 5.92 Å². The molecule has 1 fully saturated rings. The molecule has 25 heavy (non-hydrogen) atoms. The number of nitrogens with one attached hydrogen (secondary N) is 2. The lowest BCUT2D eigenvalue weighted by Gasteiger charge is -2.31. The van der Waals surface area contributed by atoms with Crippen LogP contribution in [0, 0.1) is 5.92 Å². The lowest BCUT2D eigenvalue weighted by atomic mass is 9.93. The van der Waals surface area contributed by atoms with Gasteiger partial charge in [-0.1, -0.05) is 6.07 Å². The van der Waals surface area contributed by atoms with Gasteiger partial charge in [-0.3, -0.25) is 9.69 Å². The Morgan fingerprint density at radius 3 is 2.76 bits per heavy atom. The number of ether oxygens (including phenoxy) is 2. The van der Waals surface area contributed by atoms with E-state index in [9.17, 15) is 4.79 Å². The average molecular weight is 370 g/mol. The molecule has 1 saturated heterocycles. The Hall–Kier alpha value is -1.50. The van der Waals surface area contributed by atoms with Crippen molar-refractivity contribution >= 4 is 18.3 Å². The molecule has 0 aliphatic carbocycles. The van der Waals surface area contributed by atoms with E-state index in [-0.39, 0.29) is 25.1 Å². The van der Waals surface area contributed by atoms with Gasteiger partial charge < -0.3 is 20.1 Å². The zero-order chi connectivity index (χ0) is 16.8. The van der Waals surface area contributed by atoms with Gasteiger partial charge in [0, 0.05) is 6.54 Å². The summed E-state index contributed by atoms with van der Waals surface area (Å²) in [4.78, 5) is 14.4. The molecule has 1 aromatic rings. The number of rotatable bonds is 7. The van der Waals surface area contributed by atoms with Crippen LogP contribution in [0.4, 0.5) is 0 Å². The van der Waals surface area contributed by atoms with Gasteiger partial charge in [-0.05, 0) is 69.6 Å². The van der Waals surface area contributed by atoms with Crippen LogP contribution in [0.15, 0.2) is 18.2 Å². The van der Waals surface area contributed by atoms with Crippen LogP contribution in [0.1, 0.15) is 24.8 Å². The van der Waals surface area contributed by atoms with E-state index in [1.807, 2.05) is 25.2 Å². The third-order valence-electron chi connectivity index (χ3n) is 4.80. The summed E-state index contributed by atoms with van der Waals surface area (Å²) in [6.07, 6.45) is 3.62. The summed E-state index contributed by atoms with van der Waals surface area (Å²) in [7, 11) is 2.00. The fourth-order valence-corrected chi connectivity index (χ4v) is 3.29. The maximum Gasteiger partial charge on any atom is 0.234 e. The van der Waals surface area contributed by atoms with E-state index in [4.69, 9.17) is 9.47 Å². The first kappa shape index (κ1) is 19.8. The molecule has 2 N–H and O–H groups in total. The minimum atomic E-state index is 0. The van der Waals surface area contributed by atoms with Gasteiger partial charge in [0.15, 0.2) is 11.5 Å². The second kappa shape index (κ2) is 9.85. The SMILES string of the molecule is CNCCC1CCN(CC(=O)NCc2ccc3c(c2)OCO3)CC1.Cl. The highest BCUT2D eigenvalue weighted by atomic mass is 35.5. The minimum absolute atomic E-state index is 0. The Bertz CT molecular complexity index is 562. The summed E-state index contributed by atoms with van der Waals surface area (Å²) in [5, 5.41) is 6.21. The molecule has 0 unspecified atom stereocenters. The van der Waals surface area contributed by atoms with E-state index < -0.39 is 0 Å². The van der Waals surface area contributed by atoms with Crippen LogP contribution in [-0.4, -0.2) is 50.8 Å². The summed E-state index contributed by atoms with van der Waals surface area (Å²) in [6, 6.07) is 5.77. The zero-order valence-corrected chi connectivity index (χ0v) is 15.6. The molecule has 0 aromatic heterocycles. The van der Waals surface area contributed by atoms with Gasteiger partial charge in [-0.25, -0.2) is 0 Å². The molecular formula is C18H28ClN3O3. The van der Waals surface area contributed by atoms with Crippen molar-refractivity contribution in [3.05, 3.63) is 23.8 Å². The van der Waals surface area contributed by atoms with Gasteiger partial charge in [0.25, 0.3) is 0 Å². The highest BCUT2D eigenvalue weighted by molar-refractivity contribution is 5.85. The molecule has 0 radical (unpaired) electrons. The number of benzene rings is 1. The molecule has 0 bridgehead atoms. The molecule has 7 heteroatoms. The second-order valence-electron chi connectivity index (χ2n) is 6.58. The van der Waals surface area contributed by atoms with Crippen LogP contribution in [0.5, 0.6) is 11.5 Å². The number of carbonyl (C=O) groups excluding carboxylic acids is 1. The van der Waals surface area contributed by atoms with Crippen LogP contribution in [0.25, 0.3) is 0 Å². The molecular weight excluding hydrogens is 342 g/mol. The van der Waals surface area contributed by atoms with E-state index in [2.05, 4.69) is 15.5 Å². The van der Waals surface area contributed by atoms with Gasteiger partial charge in [0.2, 0.25) is 12.7 Å². The number of carbonyl (C=O) groups is 1. The average Bonchev–Trinajstić information content (AvgIpc) is 3.07. The quantitative estimate of drug-likeness (QED) is 0.767. The maximum absolute atomic E-state index is 12.2. The van der Waals surface area contributed by atoms with Crippen LogP contribution in [-0.2, 0) is 11.3 Å². The van der Waals surface area contributed by atoms with Crippen LogP contribution >= 0.6 is 12.4 Å². The Kier molecular flexibility index (Phi) is 7.81. The van der Waals surface area contributed by atoms with Crippen LogP contribution in [0.3, 0.4) is 0 Å². The summed E-state index contributed by atoms with van der Waals surface area (Å²) in [5.41, 5.74) is 1.03. The van der Waals surface area contributed by atoms with Crippen molar-refractivity contribution in [3.63, 3.8) is 0 Å². The fraction of sp³-hybridized carbons (Fsp3) is 0.611. The number of amides is 1. The normalized spacial score (nSPS) is 17.2. The molecule has 6 nitrogen and oxygen atoms in total. The topological polar surface area (TPSA) is 62.8 Å². The maximum atomic E-state index is 12.2. The number of hydrogen-bond acceptors (Lipinski definition) is 5. The first-order chi connectivity index (χ1) is 11.7. The molecule has 2 aliphatic heterocycles. The second-order valence-corrected chi connectivity index (χ2v) is 6.58. The monoisotopic (exact) mass is 369 g/mol. The summed E-state index contributed by atoms with van der Waals surface area (Å²) in [5.74, 6) is 2.41. The molecule has 3 rings (SSSR count). The summed E-state index contributed by atoms with van der Waals surface area (Å²) in [6.45, 7) is 4.41. The first-order valence-corrected chi connectivity index (χ1v) is 8.77. The van der Waals surface area contributed by atoms with E-state index in [0.29, 0.717) is 13.1 Å². The Morgan fingerprint density at radius 1 is 1.24 bits per heavy atom. The van der Waals surface area contributed by atoms with Crippen molar-refractivity contribution in [2.75, 3.05) is 40.0 Å².